The zero-order chi connectivity index (χ0) is 8.39. The van der Waals surface area contributed by atoms with E-state index in [0.29, 0.717) is 10.9 Å². The van der Waals surface area contributed by atoms with Gasteiger partial charge in [-0.15, -0.1) is 11.3 Å². The highest BCUT2D eigenvalue weighted by molar-refractivity contribution is 9.09. The molecule has 1 aromatic heterocycles. The maximum absolute atomic E-state index is 5.60. The van der Waals surface area contributed by atoms with Crippen LogP contribution in [-0.4, -0.2) is 12.7 Å². The molecule has 2 rings (SSSR count). The van der Waals surface area contributed by atoms with Crippen LogP contribution in [0.2, 0.25) is 0 Å². The average molecular weight is 247 g/mol. The van der Waals surface area contributed by atoms with Gasteiger partial charge in [0.15, 0.2) is 0 Å². The summed E-state index contributed by atoms with van der Waals surface area (Å²) in [5.41, 5.74) is 0. The molecule has 0 aliphatic carbocycles. The summed E-state index contributed by atoms with van der Waals surface area (Å²) in [7, 11) is 0. The van der Waals surface area contributed by atoms with Gasteiger partial charge in [-0.05, 0) is 24.3 Å². The van der Waals surface area contributed by atoms with Crippen molar-refractivity contribution in [1.29, 1.82) is 0 Å². The van der Waals surface area contributed by atoms with Crippen molar-refractivity contribution in [3.8, 4) is 0 Å². The van der Waals surface area contributed by atoms with Gasteiger partial charge in [0.05, 0.1) is 10.9 Å². The summed E-state index contributed by atoms with van der Waals surface area (Å²) in [5, 5.41) is 2.11. The van der Waals surface area contributed by atoms with Crippen molar-refractivity contribution in [1.82, 2.24) is 0 Å². The molecule has 3 heteroatoms. The number of hydrogen-bond donors (Lipinski definition) is 0. The highest BCUT2D eigenvalue weighted by atomic mass is 79.9. The van der Waals surface area contributed by atoms with Crippen molar-refractivity contribution >= 4 is 27.3 Å². The van der Waals surface area contributed by atoms with Gasteiger partial charge < -0.3 is 4.74 Å². The third-order valence-electron chi connectivity index (χ3n) is 2.11. The molecule has 1 aromatic rings. The van der Waals surface area contributed by atoms with Gasteiger partial charge in [0.1, 0.15) is 0 Å². The zero-order valence-electron chi connectivity index (χ0n) is 6.70. The molecule has 0 amide bonds. The Labute approximate surface area is 84.9 Å². The van der Waals surface area contributed by atoms with E-state index in [9.17, 15) is 0 Å². The standard InChI is InChI=1S/C9H11BrOS/c10-9(7-3-1-5-11-7)8-4-2-6-12-8/h2,4,6-7,9H,1,3,5H2. The highest BCUT2D eigenvalue weighted by Gasteiger charge is 2.25. The number of rotatable bonds is 2. The van der Waals surface area contributed by atoms with Crippen molar-refractivity contribution < 1.29 is 4.74 Å². The van der Waals surface area contributed by atoms with Crippen LogP contribution >= 0.6 is 27.3 Å². The number of alkyl halides is 1. The maximum atomic E-state index is 5.60. The molecular weight excluding hydrogens is 236 g/mol. The molecule has 0 N–H and O–H groups in total. The Balaban J connectivity index is 2.04. The van der Waals surface area contributed by atoms with Gasteiger partial charge in [0.2, 0.25) is 0 Å². The summed E-state index contributed by atoms with van der Waals surface area (Å²) in [5.74, 6) is 0. The second-order valence-corrected chi connectivity index (χ2v) is 4.93. The van der Waals surface area contributed by atoms with Crippen LogP contribution in [0.15, 0.2) is 17.5 Å². The fraction of sp³-hybridized carbons (Fsp3) is 0.556. The number of ether oxygens (including phenoxy) is 1. The van der Waals surface area contributed by atoms with Crippen LogP contribution in [0.4, 0.5) is 0 Å². The van der Waals surface area contributed by atoms with Gasteiger partial charge in [0, 0.05) is 11.5 Å². The first kappa shape index (κ1) is 8.73. The predicted molar refractivity (Wildman–Crippen MR) is 55.0 cm³/mol. The third kappa shape index (κ3) is 1.73. The molecule has 0 radical (unpaired) electrons. The van der Waals surface area contributed by atoms with E-state index in [0.717, 1.165) is 6.61 Å². The molecule has 66 valence electrons. The van der Waals surface area contributed by atoms with Crippen molar-refractivity contribution in [2.24, 2.45) is 0 Å². The van der Waals surface area contributed by atoms with Gasteiger partial charge in [-0.1, -0.05) is 22.0 Å². The van der Waals surface area contributed by atoms with Gasteiger partial charge in [-0.3, -0.25) is 0 Å². The monoisotopic (exact) mass is 246 g/mol. The van der Waals surface area contributed by atoms with E-state index < -0.39 is 0 Å². The average Bonchev–Trinajstić information content (AvgIpc) is 2.77. The second kappa shape index (κ2) is 3.90. The van der Waals surface area contributed by atoms with Crippen molar-refractivity contribution in [3.05, 3.63) is 22.4 Å². The molecule has 0 saturated carbocycles. The molecule has 2 heterocycles. The topological polar surface area (TPSA) is 9.23 Å². The van der Waals surface area contributed by atoms with Gasteiger partial charge in [-0.2, -0.15) is 0 Å². The molecular formula is C9H11BrOS. The van der Waals surface area contributed by atoms with Crippen molar-refractivity contribution in [2.45, 2.75) is 23.8 Å². The molecule has 1 saturated heterocycles. The minimum Gasteiger partial charge on any atom is -0.377 e. The molecule has 2 unspecified atom stereocenters. The van der Waals surface area contributed by atoms with E-state index >= 15 is 0 Å². The molecule has 0 aromatic carbocycles. The third-order valence-corrected chi connectivity index (χ3v) is 4.45. The largest absolute Gasteiger partial charge is 0.377 e. The minimum atomic E-state index is 0.392. The summed E-state index contributed by atoms with van der Waals surface area (Å²) in [6.45, 7) is 0.929. The van der Waals surface area contributed by atoms with E-state index in [4.69, 9.17) is 4.74 Å². The molecule has 0 spiro atoms. The van der Waals surface area contributed by atoms with Crippen LogP contribution < -0.4 is 0 Å². The Bertz CT molecular complexity index is 229. The van der Waals surface area contributed by atoms with Crippen molar-refractivity contribution in [3.63, 3.8) is 0 Å². The number of thiophene rings is 1. The lowest BCUT2D eigenvalue weighted by Gasteiger charge is -2.14. The van der Waals surface area contributed by atoms with E-state index in [1.165, 1.54) is 17.7 Å². The Kier molecular flexibility index (Phi) is 2.84. The van der Waals surface area contributed by atoms with Gasteiger partial charge in [-0.25, -0.2) is 0 Å². The zero-order valence-corrected chi connectivity index (χ0v) is 9.11. The fourth-order valence-corrected chi connectivity index (χ4v) is 3.11. The normalized spacial score (nSPS) is 25.9. The summed E-state index contributed by atoms with van der Waals surface area (Å²) in [4.78, 5) is 1.78. The van der Waals surface area contributed by atoms with E-state index in [1.54, 1.807) is 11.3 Å². The SMILES string of the molecule is BrC(c1cccs1)C1CCCO1. The minimum absolute atomic E-state index is 0.392. The van der Waals surface area contributed by atoms with Crippen LogP contribution in [0, 0.1) is 0 Å². The number of hydrogen-bond acceptors (Lipinski definition) is 2. The Morgan fingerprint density at radius 1 is 1.67 bits per heavy atom. The van der Waals surface area contributed by atoms with E-state index in [-0.39, 0.29) is 0 Å². The lowest BCUT2D eigenvalue weighted by molar-refractivity contribution is 0.111. The first-order chi connectivity index (χ1) is 5.88. The molecule has 12 heavy (non-hydrogen) atoms. The highest BCUT2D eigenvalue weighted by Crippen LogP contribution is 2.35. The molecule has 1 aliphatic rings. The lowest BCUT2D eigenvalue weighted by Crippen LogP contribution is -2.10. The fourth-order valence-electron chi connectivity index (χ4n) is 1.46. The van der Waals surface area contributed by atoms with Crippen LogP contribution in [-0.2, 0) is 4.74 Å². The van der Waals surface area contributed by atoms with E-state index in [1.807, 2.05) is 0 Å². The molecule has 0 bridgehead atoms. The summed E-state index contributed by atoms with van der Waals surface area (Å²) in [6, 6.07) is 4.25. The Morgan fingerprint density at radius 2 is 2.58 bits per heavy atom. The summed E-state index contributed by atoms with van der Waals surface area (Å²) < 4.78 is 5.60. The van der Waals surface area contributed by atoms with Crippen LogP contribution in [0.5, 0.6) is 0 Å². The second-order valence-electron chi connectivity index (χ2n) is 2.97. The molecule has 1 aliphatic heterocycles. The maximum Gasteiger partial charge on any atom is 0.0750 e. The predicted octanol–water partition coefficient (Wildman–Crippen LogP) is 3.36. The smallest absolute Gasteiger partial charge is 0.0750 e. The first-order valence-corrected chi connectivity index (χ1v) is 5.96. The van der Waals surface area contributed by atoms with Gasteiger partial charge >= 0.3 is 0 Å². The first-order valence-electron chi connectivity index (χ1n) is 4.17. The van der Waals surface area contributed by atoms with Gasteiger partial charge in [0.25, 0.3) is 0 Å². The van der Waals surface area contributed by atoms with Crippen LogP contribution in [0.25, 0.3) is 0 Å². The lowest BCUT2D eigenvalue weighted by atomic mass is 10.1. The Hall–Kier alpha value is 0.140. The van der Waals surface area contributed by atoms with Crippen molar-refractivity contribution in [2.75, 3.05) is 6.61 Å². The molecule has 1 fully saturated rings. The molecule has 1 nitrogen and oxygen atoms in total. The van der Waals surface area contributed by atoms with E-state index in [2.05, 4.69) is 33.4 Å². The van der Waals surface area contributed by atoms with Crippen LogP contribution in [0.3, 0.4) is 0 Å². The molecule has 2 atom stereocenters. The summed E-state index contributed by atoms with van der Waals surface area (Å²) >= 11 is 5.47. The number of halogens is 1. The summed E-state index contributed by atoms with van der Waals surface area (Å²) in [6.07, 6.45) is 2.79. The quantitative estimate of drug-likeness (QED) is 0.728. The van der Waals surface area contributed by atoms with Crippen LogP contribution in [0.1, 0.15) is 22.5 Å². The Morgan fingerprint density at radius 3 is 3.17 bits per heavy atom.